The van der Waals surface area contributed by atoms with Crippen molar-refractivity contribution in [3.05, 3.63) is 0 Å². The first-order valence-electron chi connectivity index (χ1n) is 8.14. The summed E-state index contributed by atoms with van der Waals surface area (Å²) in [4.78, 5) is 0. The molecule has 1 fully saturated rings. The first kappa shape index (κ1) is 16.0. The first-order chi connectivity index (χ1) is 8.74. The molecule has 0 saturated heterocycles. The number of hydrogen-bond acceptors (Lipinski definition) is 2. The smallest absolute Gasteiger partial charge is 0.00174 e. The Morgan fingerprint density at radius 2 is 1.78 bits per heavy atom. The molecule has 2 atom stereocenters. The second-order valence-electron chi connectivity index (χ2n) is 6.49. The van der Waals surface area contributed by atoms with Gasteiger partial charge in [0.05, 0.1) is 0 Å². The zero-order chi connectivity index (χ0) is 13.2. The van der Waals surface area contributed by atoms with Crippen LogP contribution >= 0.6 is 0 Å². The number of rotatable bonds is 10. The molecule has 2 nitrogen and oxygen atoms in total. The highest BCUT2D eigenvalue weighted by molar-refractivity contribution is 4.79. The zero-order valence-corrected chi connectivity index (χ0v) is 12.6. The van der Waals surface area contributed by atoms with Crippen LogP contribution in [0.25, 0.3) is 0 Å². The number of unbranched alkanes of at least 4 members (excludes halogenated alkanes) is 3. The van der Waals surface area contributed by atoms with E-state index in [1.54, 1.807) is 0 Å². The van der Waals surface area contributed by atoms with E-state index in [0.29, 0.717) is 0 Å². The van der Waals surface area contributed by atoms with Crippen LogP contribution in [0, 0.1) is 17.8 Å². The average Bonchev–Trinajstić information content (AvgIpc) is 2.79. The summed E-state index contributed by atoms with van der Waals surface area (Å²) in [5.74, 6) is 2.53. The maximum atomic E-state index is 5.81. The molecule has 108 valence electrons. The Morgan fingerprint density at radius 3 is 2.50 bits per heavy atom. The Morgan fingerprint density at radius 1 is 1.06 bits per heavy atom. The van der Waals surface area contributed by atoms with Crippen molar-refractivity contribution in [2.24, 2.45) is 23.5 Å². The normalized spacial score (nSPS) is 24.0. The number of hydrogen-bond donors (Lipinski definition) is 2. The SMILES string of the molecule is CC(C)CCCCCCNCC1CCCC1CN. The van der Waals surface area contributed by atoms with Gasteiger partial charge in [-0.3, -0.25) is 0 Å². The Bertz CT molecular complexity index is 192. The van der Waals surface area contributed by atoms with Crippen LogP contribution in [0.5, 0.6) is 0 Å². The molecule has 1 aliphatic rings. The van der Waals surface area contributed by atoms with E-state index in [0.717, 1.165) is 24.3 Å². The van der Waals surface area contributed by atoms with E-state index in [2.05, 4.69) is 19.2 Å². The molecule has 2 unspecified atom stereocenters. The van der Waals surface area contributed by atoms with Crippen molar-refractivity contribution in [3.63, 3.8) is 0 Å². The topological polar surface area (TPSA) is 38.0 Å². The molecule has 0 bridgehead atoms. The van der Waals surface area contributed by atoms with Crippen LogP contribution in [0.2, 0.25) is 0 Å². The third-order valence-electron chi connectivity index (χ3n) is 4.41. The summed E-state index contributed by atoms with van der Waals surface area (Å²) < 4.78 is 0. The van der Waals surface area contributed by atoms with Crippen LogP contribution in [-0.4, -0.2) is 19.6 Å². The summed E-state index contributed by atoms with van der Waals surface area (Å²) in [5.41, 5.74) is 5.81. The van der Waals surface area contributed by atoms with Gasteiger partial charge in [-0.15, -0.1) is 0 Å². The van der Waals surface area contributed by atoms with Gasteiger partial charge in [-0.05, 0) is 56.7 Å². The fraction of sp³-hybridized carbons (Fsp3) is 1.00. The van der Waals surface area contributed by atoms with E-state index in [1.165, 1.54) is 64.5 Å². The molecule has 0 aromatic heterocycles. The van der Waals surface area contributed by atoms with E-state index < -0.39 is 0 Å². The third kappa shape index (κ3) is 6.75. The van der Waals surface area contributed by atoms with Crippen LogP contribution in [0.15, 0.2) is 0 Å². The van der Waals surface area contributed by atoms with Gasteiger partial charge in [-0.2, -0.15) is 0 Å². The molecule has 3 N–H and O–H groups in total. The maximum Gasteiger partial charge on any atom is -0.00174 e. The first-order valence-corrected chi connectivity index (χ1v) is 8.14. The van der Waals surface area contributed by atoms with Gasteiger partial charge in [0, 0.05) is 0 Å². The van der Waals surface area contributed by atoms with Crippen molar-refractivity contribution < 1.29 is 0 Å². The lowest BCUT2D eigenvalue weighted by Gasteiger charge is -2.18. The Balaban J connectivity index is 1.86. The lowest BCUT2D eigenvalue weighted by molar-refractivity contribution is 0.372. The van der Waals surface area contributed by atoms with Gasteiger partial charge < -0.3 is 11.1 Å². The molecule has 0 radical (unpaired) electrons. The Labute approximate surface area is 114 Å². The third-order valence-corrected chi connectivity index (χ3v) is 4.41. The van der Waals surface area contributed by atoms with Crippen LogP contribution in [0.1, 0.15) is 65.2 Å². The van der Waals surface area contributed by atoms with Crippen LogP contribution in [-0.2, 0) is 0 Å². The van der Waals surface area contributed by atoms with Crippen LogP contribution < -0.4 is 11.1 Å². The highest BCUT2D eigenvalue weighted by Crippen LogP contribution is 2.30. The van der Waals surface area contributed by atoms with Gasteiger partial charge in [-0.1, -0.05) is 46.0 Å². The van der Waals surface area contributed by atoms with Crippen molar-refractivity contribution in [2.75, 3.05) is 19.6 Å². The second kappa shape index (κ2) is 9.80. The minimum absolute atomic E-state index is 0.795. The van der Waals surface area contributed by atoms with Gasteiger partial charge in [0.1, 0.15) is 0 Å². The lowest BCUT2D eigenvalue weighted by atomic mass is 9.96. The molecule has 0 amide bonds. The van der Waals surface area contributed by atoms with Gasteiger partial charge in [0.25, 0.3) is 0 Å². The molecule has 0 aromatic carbocycles. The predicted octanol–water partition coefficient (Wildman–Crippen LogP) is 3.56. The van der Waals surface area contributed by atoms with E-state index in [-0.39, 0.29) is 0 Å². The average molecular weight is 254 g/mol. The minimum Gasteiger partial charge on any atom is -0.330 e. The molecule has 0 aliphatic heterocycles. The maximum absolute atomic E-state index is 5.81. The van der Waals surface area contributed by atoms with Crippen molar-refractivity contribution >= 4 is 0 Å². The summed E-state index contributed by atoms with van der Waals surface area (Å²) in [6.07, 6.45) is 11.1. The summed E-state index contributed by atoms with van der Waals surface area (Å²) in [5, 5.41) is 3.64. The largest absolute Gasteiger partial charge is 0.330 e. The summed E-state index contributed by atoms with van der Waals surface area (Å²) in [7, 11) is 0. The number of nitrogens with two attached hydrogens (primary N) is 1. The van der Waals surface area contributed by atoms with Crippen LogP contribution in [0.3, 0.4) is 0 Å². The standard InChI is InChI=1S/C16H34N2/c1-14(2)8-5-3-4-6-11-18-13-16-10-7-9-15(16)12-17/h14-16,18H,3-13,17H2,1-2H3. The summed E-state index contributed by atoms with van der Waals surface area (Å²) in [6.45, 7) is 7.93. The van der Waals surface area contributed by atoms with Crippen molar-refractivity contribution in [1.82, 2.24) is 5.32 Å². The molecule has 1 rings (SSSR count). The number of nitrogens with one attached hydrogen (secondary N) is 1. The van der Waals surface area contributed by atoms with Gasteiger partial charge in [0.2, 0.25) is 0 Å². The molecule has 1 saturated carbocycles. The quantitative estimate of drug-likeness (QED) is 0.585. The molecule has 0 heterocycles. The minimum atomic E-state index is 0.795. The van der Waals surface area contributed by atoms with Crippen molar-refractivity contribution in [1.29, 1.82) is 0 Å². The highest BCUT2D eigenvalue weighted by Gasteiger charge is 2.25. The van der Waals surface area contributed by atoms with Gasteiger partial charge in [0.15, 0.2) is 0 Å². The zero-order valence-electron chi connectivity index (χ0n) is 12.6. The lowest BCUT2D eigenvalue weighted by Crippen LogP contribution is -2.29. The fourth-order valence-electron chi connectivity index (χ4n) is 3.14. The van der Waals surface area contributed by atoms with E-state index in [1.807, 2.05) is 0 Å². The summed E-state index contributed by atoms with van der Waals surface area (Å²) >= 11 is 0. The van der Waals surface area contributed by atoms with E-state index in [9.17, 15) is 0 Å². The van der Waals surface area contributed by atoms with E-state index in [4.69, 9.17) is 5.73 Å². The van der Waals surface area contributed by atoms with Gasteiger partial charge in [-0.25, -0.2) is 0 Å². The fourth-order valence-corrected chi connectivity index (χ4v) is 3.14. The monoisotopic (exact) mass is 254 g/mol. The molecular weight excluding hydrogens is 220 g/mol. The second-order valence-corrected chi connectivity index (χ2v) is 6.49. The molecule has 0 spiro atoms. The van der Waals surface area contributed by atoms with Crippen LogP contribution in [0.4, 0.5) is 0 Å². The molecular formula is C16H34N2. The Hall–Kier alpha value is -0.0800. The molecule has 2 heteroatoms. The van der Waals surface area contributed by atoms with Gasteiger partial charge >= 0.3 is 0 Å². The molecule has 18 heavy (non-hydrogen) atoms. The molecule has 0 aromatic rings. The summed E-state index contributed by atoms with van der Waals surface area (Å²) in [6, 6.07) is 0. The van der Waals surface area contributed by atoms with Crippen molar-refractivity contribution in [2.45, 2.75) is 65.2 Å². The Kier molecular flexibility index (Phi) is 8.70. The van der Waals surface area contributed by atoms with E-state index >= 15 is 0 Å². The highest BCUT2D eigenvalue weighted by atomic mass is 14.9. The van der Waals surface area contributed by atoms with Crippen molar-refractivity contribution in [3.8, 4) is 0 Å². The molecule has 1 aliphatic carbocycles. The predicted molar refractivity (Wildman–Crippen MR) is 80.7 cm³/mol.